The van der Waals surface area contributed by atoms with Crippen molar-refractivity contribution in [1.29, 1.82) is 0 Å². The highest BCUT2D eigenvalue weighted by molar-refractivity contribution is 7.22. The minimum atomic E-state index is -0.323. The third-order valence-corrected chi connectivity index (χ3v) is 3.06. The Bertz CT molecular complexity index is 507. The fourth-order valence-electron chi connectivity index (χ4n) is 1.28. The highest BCUT2D eigenvalue weighted by Gasteiger charge is 2.08. The minimum Gasteiger partial charge on any atom is -0.465 e. The van der Waals surface area contributed by atoms with Crippen molar-refractivity contribution in [1.82, 2.24) is 4.98 Å². The van der Waals surface area contributed by atoms with Gasteiger partial charge in [-0.3, -0.25) is 0 Å². The lowest BCUT2D eigenvalue weighted by molar-refractivity contribution is 0.0601. The van der Waals surface area contributed by atoms with Gasteiger partial charge in [-0.1, -0.05) is 11.3 Å². The Kier molecular flexibility index (Phi) is 2.55. The van der Waals surface area contributed by atoms with Crippen LogP contribution >= 0.6 is 11.3 Å². The van der Waals surface area contributed by atoms with Crippen LogP contribution in [0.5, 0.6) is 0 Å². The van der Waals surface area contributed by atoms with Crippen LogP contribution in [0.4, 0.5) is 5.13 Å². The zero-order chi connectivity index (χ0) is 10.8. The minimum absolute atomic E-state index is 0.323. The van der Waals surface area contributed by atoms with Crippen LogP contribution in [0.15, 0.2) is 18.2 Å². The molecule has 78 valence electrons. The first-order valence-electron chi connectivity index (χ1n) is 4.41. The maximum atomic E-state index is 11.3. The summed E-state index contributed by atoms with van der Waals surface area (Å²) in [5.74, 6) is -0.323. The molecular weight excluding hydrogens is 212 g/mol. The highest BCUT2D eigenvalue weighted by Crippen LogP contribution is 2.26. The number of carbonyl (C=O) groups is 1. The lowest BCUT2D eigenvalue weighted by Crippen LogP contribution is -1.99. The van der Waals surface area contributed by atoms with E-state index < -0.39 is 0 Å². The van der Waals surface area contributed by atoms with Gasteiger partial charge in [-0.15, -0.1) is 0 Å². The summed E-state index contributed by atoms with van der Waals surface area (Å²) in [6.45, 7) is 0. The number of hydrogen-bond donors (Lipinski definition) is 1. The average molecular weight is 222 g/mol. The largest absolute Gasteiger partial charge is 0.465 e. The number of nitrogens with zero attached hydrogens (tertiary/aromatic N) is 1. The summed E-state index contributed by atoms with van der Waals surface area (Å²) in [7, 11) is 3.19. The maximum Gasteiger partial charge on any atom is 0.337 e. The Morgan fingerprint density at radius 3 is 3.00 bits per heavy atom. The number of benzene rings is 1. The van der Waals surface area contributed by atoms with Crippen LogP contribution in [0, 0.1) is 0 Å². The van der Waals surface area contributed by atoms with E-state index >= 15 is 0 Å². The normalized spacial score (nSPS) is 10.3. The number of fused-ring (bicyclic) bond motifs is 1. The van der Waals surface area contributed by atoms with E-state index in [2.05, 4.69) is 15.0 Å². The predicted octanol–water partition coefficient (Wildman–Crippen LogP) is 2.12. The Morgan fingerprint density at radius 2 is 2.33 bits per heavy atom. The first-order valence-corrected chi connectivity index (χ1v) is 5.23. The highest BCUT2D eigenvalue weighted by atomic mass is 32.1. The van der Waals surface area contributed by atoms with Gasteiger partial charge in [-0.25, -0.2) is 9.78 Å². The molecule has 1 heterocycles. The zero-order valence-electron chi connectivity index (χ0n) is 8.40. The summed E-state index contributed by atoms with van der Waals surface area (Å²) < 4.78 is 5.62. The fraction of sp³-hybridized carbons (Fsp3) is 0.200. The molecule has 0 aliphatic heterocycles. The molecule has 0 aliphatic carbocycles. The number of thiazole rings is 1. The van der Waals surface area contributed by atoms with E-state index in [0.717, 1.165) is 15.3 Å². The predicted molar refractivity (Wildman–Crippen MR) is 60.5 cm³/mol. The third-order valence-electron chi connectivity index (χ3n) is 2.02. The third kappa shape index (κ3) is 1.78. The first kappa shape index (κ1) is 9.92. The van der Waals surface area contributed by atoms with Gasteiger partial charge in [-0.2, -0.15) is 0 Å². The molecule has 0 bridgehead atoms. The number of ether oxygens (including phenoxy) is 1. The van der Waals surface area contributed by atoms with E-state index in [1.807, 2.05) is 13.1 Å². The molecule has 5 heteroatoms. The smallest absolute Gasteiger partial charge is 0.337 e. The Morgan fingerprint density at radius 1 is 1.53 bits per heavy atom. The van der Waals surface area contributed by atoms with Gasteiger partial charge in [0.1, 0.15) is 0 Å². The second kappa shape index (κ2) is 3.86. The van der Waals surface area contributed by atoms with Crippen molar-refractivity contribution >= 4 is 32.7 Å². The number of rotatable bonds is 2. The van der Waals surface area contributed by atoms with Crippen molar-refractivity contribution in [2.24, 2.45) is 0 Å². The molecule has 0 saturated heterocycles. The summed E-state index contributed by atoms with van der Waals surface area (Å²) in [5.41, 5.74) is 1.44. The topological polar surface area (TPSA) is 51.2 Å². The second-order valence-corrected chi connectivity index (χ2v) is 3.97. The second-order valence-electron chi connectivity index (χ2n) is 2.94. The van der Waals surface area contributed by atoms with Gasteiger partial charge < -0.3 is 10.1 Å². The van der Waals surface area contributed by atoms with Crippen molar-refractivity contribution in [3.63, 3.8) is 0 Å². The first-order chi connectivity index (χ1) is 7.24. The molecule has 1 aromatic carbocycles. The van der Waals surface area contributed by atoms with Gasteiger partial charge in [0.15, 0.2) is 5.13 Å². The summed E-state index contributed by atoms with van der Waals surface area (Å²) >= 11 is 1.51. The molecule has 1 aromatic heterocycles. The van der Waals surface area contributed by atoms with Crippen molar-refractivity contribution in [3.8, 4) is 0 Å². The molecule has 0 radical (unpaired) electrons. The standard InChI is InChI=1S/C10H10N2O2S/c1-11-10-12-7-4-3-6(9(13)14-2)5-8(7)15-10/h3-5H,1-2H3,(H,11,12). The van der Waals surface area contributed by atoms with Crippen molar-refractivity contribution in [2.45, 2.75) is 0 Å². The van der Waals surface area contributed by atoms with Crippen LogP contribution in [-0.2, 0) is 4.74 Å². The number of methoxy groups -OCH3 is 1. The van der Waals surface area contributed by atoms with Crippen LogP contribution in [0.1, 0.15) is 10.4 Å². The van der Waals surface area contributed by atoms with E-state index in [0.29, 0.717) is 5.56 Å². The Balaban J connectivity index is 2.50. The molecule has 0 unspecified atom stereocenters. The molecular formula is C10H10N2O2S. The molecule has 4 nitrogen and oxygen atoms in total. The van der Waals surface area contributed by atoms with E-state index in [9.17, 15) is 4.79 Å². The van der Waals surface area contributed by atoms with E-state index in [-0.39, 0.29) is 5.97 Å². The molecule has 0 amide bonds. The van der Waals surface area contributed by atoms with Crippen molar-refractivity contribution in [3.05, 3.63) is 23.8 Å². The monoisotopic (exact) mass is 222 g/mol. The van der Waals surface area contributed by atoms with Crippen molar-refractivity contribution in [2.75, 3.05) is 19.5 Å². The summed E-state index contributed by atoms with van der Waals surface area (Å²) in [6.07, 6.45) is 0. The van der Waals surface area contributed by atoms with Crippen LogP contribution < -0.4 is 5.32 Å². The van der Waals surface area contributed by atoms with Gasteiger partial charge in [0.2, 0.25) is 0 Å². The number of hydrogen-bond acceptors (Lipinski definition) is 5. The summed E-state index contributed by atoms with van der Waals surface area (Å²) in [4.78, 5) is 15.6. The molecule has 1 N–H and O–H groups in total. The maximum absolute atomic E-state index is 11.3. The molecule has 0 fully saturated rings. The van der Waals surface area contributed by atoms with Crippen molar-refractivity contribution < 1.29 is 9.53 Å². The molecule has 0 saturated carbocycles. The number of nitrogens with one attached hydrogen (secondary N) is 1. The molecule has 2 aromatic rings. The number of anilines is 1. The van der Waals surface area contributed by atoms with E-state index in [4.69, 9.17) is 0 Å². The molecule has 0 atom stereocenters. The quantitative estimate of drug-likeness (QED) is 0.791. The fourth-order valence-corrected chi connectivity index (χ4v) is 2.13. The van der Waals surface area contributed by atoms with Gasteiger partial charge in [0, 0.05) is 7.05 Å². The van der Waals surface area contributed by atoms with Crippen LogP contribution in [0.25, 0.3) is 10.2 Å². The van der Waals surface area contributed by atoms with Gasteiger partial charge in [-0.05, 0) is 18.2 Å². The van der Waals surface area contributed by atoms with E-state index in [1.165, 1.54) is 18.4 Å². The molecule has 2 rings (SSSR count). The molecule has 15 heavy (non-hydrogen) atoms. The van der Waals surface area contributed by atoms with Crippen LogP contribution in [0.3, 0.4) is 0 Å². The van der Waals surface area contributed by atoms with Crippen LogP contribution in [-0.4, -0.2) is 25.1 Å². The van der Waals surface area contributed by atoms with E-state index in [1.54, 1.807) is 12.1 Å². The molecule has 0 spiro atoms. The lowest BCUT2D eigenvalue weighted by Gasteiger charge is -1.97. The lowest BCUT2D eigenvalue weighted by atomic mass is 10.2. The average Bonchev–Trinajstić information content (AvgIpc) is 2.69. The van der Waals surface area contributed by atoms with Gasteiger partial charge >= 0.3 is 5.97 Å². The zero-order valence-corrected chi connectivity index (χ0v) is 9.22. The summed E-state index contributed by atoms with van der Waals surface area (Å²) in [5, 5.41) is 3.81. The number of aromatic nitrogens is 1. The van der Waals surface area contributed by atoms with Crippen LogP contribution in [0.2, 0.25) is 0 Å². The van der Waals surface area contributed by atoms with Gasteiger partial charge in [0.25, 0.3) is 0 Å². The Hall–Kier alpha value is -1.62. The SMILES string of the molecule is CNc1nc2ccc(C(=O)OC)cc2s1. The number of esters is 1. The summed E-state index contributed by atoms with van der Waals surface area (Å²) in [6, 6.07) is 5.33. The number of carbonyl (C=O) groups excluding carboxylic acids is 1. The van der Waals surface area contributed by atoms with Gasteiger partial charge in [0.05, 0.1) is 22.9 Å². The Labute approximate surface area is 90.9 Å². The molecule has 0 aliphatic rings.